The summed E-state index contributed by atoms with van der Waals surface area (Å²) >= 11 is 7.07. The number of halogens is 1. The van der Waals surface area contributed by atoms with Gasteiger partial charge in [-0.2, -0.15) is 0 Å². The number of rotatable bonds is 8. The molecule has 1 saturated carbocycles. The van der Waals surface area contributed by atoms with E-state index in [1.165, 1.54) is 16.7 Å². The molecule has 1 aliphatic carbocycles. The second-order valence-electron chi connectivity index (χ2n) is 7.75. The lowest BCUT2D eigenvalue weighted by atomic mass is 10.0. The molecule has 2 amide bonds. The van der Waals surface area contributed by atoms with Gasteiger partial charge in [0.05, 0.1) is 21.6 Å². The van der Waals surface area contributed by atoms with Crippen molar-refractivity contribution in [3.05, 3.63) is 27.4 Å². The Balaban J connectivity index is 1.58. The van der Waals surface area contributed by atoms with E-state index in [0.717, 1.165) is 4.90 Å². The van der Waals surface area contributed by atoms with E-state index in [2.05, 4.69) is 24.8 Å². The Morgan fingerprint density at radius 1 is 1.37 bits per heavy atom. The van der Waals surface area contributed by atoms with Crippen LogP contribution in [0.3, 0.4) is 0 Å². The first kappa shape index (κ1) is 25.4. The van der Waals surface area contributed by atoms with E-state index < -0.39 is 51.6 Å². The van der Waals surface area contributed by atoms with Crippen LogP contribution in [0.25, 0.3) is 0 Å². The van der Waals surface area contributed by atoms with Gasteiger partial charge in [0, 0.05) is 24.1 Å². The molecule has 1 unspecified atom stereocenters. The number of alkyl halides is 1. The van der Waals surface area contributed by atoms with Crippen LogP contribution in [-0.2, 0) is 44.1 Å². The molecule has 4 rings (SSSR count). The lowest BCUT2D eigenvalue weighted by Crippen LogP contribution is -2.74. The van der Waals surface area contributed by atoms with Crippen molar-refractivity contribution < 1.29 is 37.5 Å². The monoisotopic (exact) mass is 536 g/mol. The van der Waals surface area contributed by atoms with Gasteiger partial charge in [-0.05, 0) is 12.5 Å². The molecule has 35 heavy (non-hydrogen) atoms. The number of carbonyl (C=O) groups excluding carboxylic acids is 4. The third-order valence-electron chi connectivity index (χ3n) is 5.52. The van der Waals surface area contributed by atoms with Crippen molar-refractivity contribution in [2.24, 2.45) is 5.16 Å². The molecule has 0 aromatic carbocycles. The first-order valence-electron chi connectivity index (χ1n) is 9.97. The van der Waals surface area contributed by atoms with E-state index in [0.29, 0.717) is 5.01 Å². The van der Waals surface area contributed by atoms with Crippen molar-refractivity contribution in [3.63, 3.8) is 0 Å². The van der Waals surface area contributed by atoms with E-state index in [-0.39, 0.29) is 47.2 Å². The average molecular weight is 537 g/mol. The molecule has 1 aromatic heterocycles. The van der Waals surface area contributed by atoms with Crippen LogP contribution < -0.4 is 5.32 Å². The maximum Gasteiger partial charge on any atom is 0.378 e. The highest BCUT2D eigenvalue weighted by Gasteiger charge is 2.58. The van der Waals surface area contributed by atoms with Crippen molar-refractivity contribution in [2.45, 2.75) is 36.8 Å². The molecule has 3 atom stereocenters. The van der Waals surface area contributed by atoms with Crippen molar-refractivity contribution in [2.75, 3.05) is 11.6 Å². The number of carbonyl (C=O) groups is 4. The van der Waals surface area contributed by atoms with Crippen molar-refractivity contribution >= 4 is 79.3 Å². The Morgan fingerprint density at radius 3 is 2.63 bits per heavy atom. The summed E-state index contributed by atoms with van der Waals surface area (Å²) in [6, 6.07) is -1.25. The molecule has 1 saturated heterocycles. The Kier molecular flexibility index (Phi) is 7.06. The van der Waals surface area contributed by atoms with Gasteiger partial charge in [0.25, 0.3) is 11.8 Å². The number of hydrogen-bond donors (Lipinski definition) is 1. The number of thiazole rings is 1. The third-order valence-corrected chi connectivity index (χ3v) is 8.28. The molecule has 1 aromatic rings. The van der Waals surface area contributed by atoms with Crippen molar-refractivity contribution in [3.8, 4) is 0 Å². The van der Waals surface area contributed by atoms with E-state index in [9.17, 15) is 23.4 Å². The van der Waals surface area contributed by atoms with Crippen LogP contribution in [0.15, 0.2) is 21.8 Å². The van der Waals surface area contributed by atoms with Gasteiger partial charge in [0.15, 0.2) is 5.71 Å². The van der Waals surface area contributed by atoms with Gasteiger partial charge in [-0.3, -0.25) is 18.7 Å². The van der Waals surface area contributed by atoms with Gasteiger partial charge in [-0.15, -0.1) is 22.9 Å². The Bertz CT molecular complexity index is 1200. The largest absolute Gasteiger partial charge is 0.540 e. The molecule has 12 nitrogen and oxygen atoms in total. The third kappa shape index (κ3) is 4.49. The number of hydrogen-bond acceptors (Lipinski definition) is 11. The molecule has 2 aliphatic heterocycles. The van der Waals surface area contributed by atoms with Crippen molar-refractivity contribution in [1.82, 2.24) is 15.2 Å². The lowest BCUT2D eigenvalue weighted by Gasteiger charge is -2.49. The van der Waals surface area contributed by atoms with Gasteiger partial charge >= 0.3 is 28.0 Å². The Hall–Kier alpha value is -2.71. The maximum atomic E-state index is 13.1. The normalized spacial score (nSPS) is 24.7. The number of aryl methyl sites for hydroxylation is 1. The van der Waals surface area contributed by atoms with Crippen LogP contribution in [0.5, 0.6) is 0 Å². The number of fused-ring (bicyclic) bond motifs is 1. The smallest absolute Gasteiger partial charge is 0.378 e. The SMILES string of the molecule is [B]OC(=O)C1=C(CCl)CS(=O)[C@@H]2[C@H](NC(=O)/C(=N\OC3(C(=O)O[B])CC3)c3csc(C)n3)C(=O)N12. The fraction of sp³-hybridized carbons (Fsp3) is 0.444. The predicted octanol–water partition coefficient (Wildman–Crippen LogP) is -1.13. The molecular weight excluding hydrogens is 521 g/mol. The summed E-state index contributed by atoms with van der Waals surface area (Å²) in [4.78, 5) is 60.5. The molecule has 1 N–H and O–H groups in total. The molecule has 0 spiro atoms. The molecule has 4 radical (unpaired) electrons. The summed E-state index contributed by atoms with van der Waals surface area (Å²) in [5.41, 5.74) is -1.57. The molecule has 0 bridgehead atoms. The minimum absolute atomic E-state index is 0.117. The van der Waals surface area contributed by atoms with E-state index in [1.54, 1.807) is 6.92 Å². The summed E-state index contributed by atoms with van der Waals surface area (Å²) < 4.78 is 21.3. The van der Waals surface area contributed by atoms with E-state index in [4.69, 9.17) is 32.5 Å². The fourth-order valence-corrected chi connectivity index (χ4v) is 6.19. The summed E-state index contributed by atoms with van der Waals surface area (Å²) in [6.07, 6.45) is 0.563. The van der Waals surface area contributed by atoms with Gasteiger partial charge in [0.1, 0.15) is 22.8 Å². The fourth-order valence-electron chi connectivity index (χ4n) is 3.57. The van der Waals surface area contributed by atoms with Crippen LogP contribution in [-0.4, -0.2) is 88.3 Å². The summed E-state index contributed by atoms with van der Waals surface area (Å²) in [5.74, 6) is -3.76. The zero-order valence-electron chi connectivity index (χ0n) is 18.0. The molecule has 3 heterocycles. The molecule has 2 fully saturated rings. The van der Waals surface area contributed by atoms with Crippen LogP contribution in [0.2, 0.25) is 0 Å². The second-order valence-corrected chi connectivity index (χ2v) is 10.6. The number of aromatic nitrogens is 1. The number of nitrogens with one attached hydrogen (secondary N) is 1. The first-order chi connectivity index (χ1) is 16.7. The number of nitrogens with zero attached hydrogens (tertiary/aromatic N) is 3. The summed E-state index contributed by atoms with van der Waals surface area (Å²) in [7, 11) is 8.21. The van der Waals surface area contributed by atoms with Crippen LogP contribution in [0, 0.1) is 6.92 Å². The van der Waals surface area contributed by atoms with Crippen LogP contribution >= 0.6 is 22.9 Å². The van der Waals surface area contributed by atoms with E-state index in [1.807, 2.05) is 0 Å². The Morgan fingerprint density at radius 2 is 2.09 bits per heavy atom. The van der Waals surface area contributed by atoms with Gasteiger partial charge in [-0.25, -0.2) is 14.6 Å². The van der Waals surface area contributed by atoms with Crippen LogP contribution in [0.4, 0.5) is 0 Å². The minimum Gasteiger partial charge on any atom is -0.540 e. The average Bonchev–Trinajstić information content (AvgIpc) is 3.53. The van der Waals surface area contributed by atoms with E-state index >= 15 is 0 Å². The zero-order chi connectivity index (χ0) is 25.5. The van der Waals surface area contributed by atoms with Gasteiger partial charge in [0.2, 0.25) is 5.60 Å². The quantitative estimate of drug-likeness (QED) is 0.143. The van der Waals surface area contributed by atoms with Crippen molar-refractivity contribution in [1.29, 1.82) is 0 Å². The molecular formula is C18H15B2ClN4O8S2. The molecule has 17 heteroatoms. The molecule has 3 aliphatic rings. The summed E-state index contributed by atoms with van der Waals surface area (Å²) in [6.45, 7) is 1.70. The second kappa shape index (κ2) is 9.74. The van der Waals surface area contributed by atoms with Crippen LogP contribution in [0.1, 0.15) is 23.5 Å². The maximum absolute atomic E-state index is 13.1. The highest BCUT2D eigenvalue weighted by Crippen LogP contribution is 2.41. The highest BCUT2D eigenvalue weighted by atomic mass is 35.5. The number of amides is 2. The zero-order valence-corrected chi connectivity index (χ0v) is 20.4. The van der Waals surface area contributed by atoms with Gasteiger partial charge < -0.3 is 19.5 Å². The molecule has 180 valence electrons. The number of oxime groups is 1. The summed E-state index contributed by atoms with van der Waals surface area (Å²) in [5, 5.41) is 7.38. The topological polar surface area (TPSA) is 154 Å². The van der Waals surface area contributed by atoms with Gasteiger partial charge in [-0.1, -0.05) is 5.16 Å². The predicted molar refractivity (Wildman–Crippen MR) is 123 cm³/mol. The first-order valence-corrected chi connectivity index (χ1v) is 12.8. The minimum atomic E-state index is -1.69. The highest BCUT2D eigenvalue weighted by molar-refractivity contribution is 7.86. The lowest BCUT2D eigenvalue weighted by molar-refractivity contribution is -0.150. The number of β-lactam (4-membered cyclic amide) rings is 1. The standard InChI is InChI=1S/C18H15B2ClN4O8S2/c1-7-22-9(5-34-7)10(24-33-18(2-3-18)17(29)32-20)13(26)23-11-14(27)25-12(16(28)31-19)8(4-21)6-35(30)15(11)25/h5,11,15H,2-4,6H2,1H3,(H,23,26)/b24-10-/t11-,15-,35?/m1/s1. The Labute approximate surface area is 212 Å².